The van der Waals surface area contributed by atoms with Gasteiger partial charge < -0.3 is 25.7 Å². The molecule has 0 bridgehead atoms. The number of benzene rings is 2. The van der Waals surface area contributed by atoms with E-state index in [1.54, 1.807) is 19.2 Å². The summed E-state index contributed by atoms with van der Waals surface area (Å²) in [6.07, 6.45) is 0. The second-order valence-electron chi connectivity index (χ2n) is 6.94. The van der Waals surface area contributed by atoms with Crippen LogP contribution in [0.3, 0.4) is 0 Å². The van der Waals surface area contributed by atoms with Crippen LogP contribution in [-0.2, 0) is 13.2 Å². The molecule has 0 atom stereocenters. The Labute approximate surface area is 174 Å². The van der Waals surface area contributed by atoms with E-state index in [2.05, 4.69) is 44.5 Å². The summed E-state index contributed by atoms with van der Waals surface area (Å²) in [5, 5.41) is 3.81. The molecule has 0 radical (unpaired) electrons. The van der Waals surface area contributed by atoms with Gasteiger partial charge in [-0.1, -0.05) is 35.9 Å². The monoisotopic (exact) mass is 413 g/mol. The molecule has 3 aromatic rings. The zero-order valence-electron chi connectivity index (χ0n) is 16.6. The third-order valence-corrected chi connectivity index (χ3v) is 4.61. The summed E-state index contributed by atoms with van der Waals surface area (Å²) >= 11 is 6.38. The van der Waals surface area contributed by atoms with Crippen molar-refractivity contribution in [3.05, 3.63) is 64.3 Å². The highest BCUT2D eigenvalue weighted by atomic mass is 35.5. The van der Waals surface area contributed by atoms with Crippen LogP contribution in [0, 0.1) is 0 Å². The molecule has 0 spiro atoms. The first kappa shape index (κ1) is 20.7. The van der Waals surface area contributed by atoms with Gasteiger partial charge in [0.2, 0.25) is 0 Å². The van der Waals surface area contributed by atoms with E-state index < -0.39 is 5.91 Å². The standard InChI is InChI=1S/C21H24ClN5O2/c1-24-21(23)26-20(28)19-10-16-17(22)8-15(9-18(16)25-19)29-12-14-6-4-13(5-7-14)11-27(2)3/h4-10,25H,11-12H2,1-3H3,(H3,23,24,26,28). The van der Waals surface area contributed by atoms with Gasteiger partial charge in [-0.25, -0.2) is 0 Å². The maximum atomic E-state index is 12.2. The summed E-state index contributed by atoms with van der Waals surface area (Å²) in [4.78, 5) is 21.1. The Kier molecular flexibility index (Phi) is 6.41. The van der Waals surface area contributed by atoms with Crippen LogP contribution in [0.1, 0.15) is 21.6 Å². The number of amides is 1. The number of aliphatic imine (C=N–C) groups is 1. The molecule has 0 aliphatic heterocycles. The van der Waals surface area contributed by atoms with Gasteiger partial charge in [-0.15, -0.1) is 0 Å². The smallest absolute Gasteiger partial charge is 0.296 e. The minimum Gasteiger partial charge on any atom is -0.489 e. The van der Waals surface area contributed by atoms with Gasteiger partial charge in [-0.05, 0) is 37.4 Å². The van der Waals surface area contributed by atoms with Crippen molar-refractivity contribution in [3.63, 3.8) is 0 Å². The molecule has 1 heterocycles. The highest BCUT2D eigenvalue weighted by Gasteiger charge is 2.13. The predicted molar refractivity (Wildman–Crippen MR) is 116 cm³/mol. The van der Waals surface area contributed by atoms with E-state index >= 15 is 0 Å². The number of hydrogen-bond acceptors (Lipinski definition) is 3. The molecule has 3 rings (SSSR count). The molecule has 4 N–H and O–H groups in total. The molecule has 2 aromatic carbocycles. The molecule has 7 nitrogen and oxygen atoms in total. The van der Waals surface area contributed by atoms with Gasteiger partial charge >= 0.3 is 0 Å². The number of guanidine groups is 1. The maximum absolute atomic E-state index is 12.2. The van der Waals surface area contributed by atoms with Crippen molar-refractivity contribution in [2.45, 2.75) is 13.2 Å². The van der Waals surface area contributed by atoms with Crippen LogP contribution in [-0.4, -0.2) is 42.9 Å². The van der Waals surface area contributed by atoms with Crippen LogP contribution in [0.15, 0.2) is 47.5 Å². The Morgan fingerprint density at radius 1 is 1.21 bits per heavy atom. The fourth-order valence-electron chi connectivity index (χ4n) is 2.87. The van der Waals surface area contributed by atoms with Gasteiger partial charge in [-0.3, -0.25) is 4.79 Å². The molecule has 0 fully saturated rings. The van der Waals surface area contributed by atoms with Gasteiger partial charge in [-0.2, -0.15) is 4.99 Å². The topological polar surface area (TPSA) is 95.7 Å². The number of carbonyl (C=O) groups is 1. The van der Waals surface area contributed by atoms with E-state index in [4.69, 9.17) is 22.1 Å². The van der Waals surface area contributed by atoms with Gasteiger partial charge in [0.1, 0.15) is 18.1 Å². The minimum atomic E-state index is -0.482. The maximum Gasteiger partial charge on any atom is 0.296 e. The van der Waals surface area contributed by atoms with Crippen molar-refractivity contribution in [3.8, 4) is 5.75 Å². The number of H-pyrrole nitrogens is 1. The van der Waals surface area contributed by atoms with Crippen molar-refractivity contribution in [1.29, 1.82) is 0 Å². The normalized spacial score (nSPS) is 11.8. The van der Waals surface area contributed by atoms with Crippen LogP contribution in [0.5, 0.6) is 5.75 Å². The molecular formula is C21H24ClN5O2. The Morgan fingerprint density at radius 3 is 2.55 bits per heavy atom. The molecule has 0 aliphatic carbocycles. The minimum absolute atomic E-state index is 0.0420. The molecule has 0 saturated heterocycles. The third kappa shape index (κ3) is 5.28. The number of aromatic amines is 1. The molecule has 152 valence electrons. The third-order valence-electron chi connectivity index (χ3n) is 4.30. The second-order valence-corrected chi connectivity index (χ2v) is 7.35. The zero-order chi connectivity index (χ0) is 21.0. The number of nitrogens with one attached hydrogen (secondary N) is 2. The number of aromatic nitrogens is 1. The van der Waals surface area contributed by atoms with Crippen LogP contribution in [0.25, 0.3) is 10.9 Å². The second kappa shape index (κ2) is 8.98. The SMILES string of the molecule is CNC(N)=NC(=O)c1cc2c(Cl)cc(OCc3ccc(CN(C)C)cc3)cc2[nH]1. The number of fused-ring (bicyclic) bond motifs is 1. The van der Waals surface area contributed by atoms with Crippen LogP contribution >= 0.6 is 11.6 Å². The molecule has 1 aromatic heterocycles. The lowest BCUT2D eigenvalue weighted by Gasteiger charge is -2.11. The Bertz CT molecular complexity index is 1040. The summed E-state index contributed by atoms with van der Waals surface area (Å²) in [6, 6.07) is 13.5. The van der Waals surface area contributed by atoms with E-state index in [-0.39, 0.29) is 5.96 Å². The summed E-state index contributed by atoms with van der Waals surface area (Å²) < 4.78 is 5.90. The predicted octanol–water partition coefficient (Wildman–Crippen LogP) is 3.14. The molecule has 0 unspecified atom stereocenters. The van der Waals surface area contributed by atoms with Gasteiger partial charge in [0, 0.05) is 25.0 Å². The first-order chi connectivity index (χ1) is 13.9. The molecule has 0 saturated carbocycles. The molecule has 8 heteroatoms. The van der Waals surface area contributed by atoms with Crippen molar-refractivity contribution in [2.24, 2.45) is 10.7 Å². The van der Waals surface area contributed by atoms with E-state index in [1.807, 2.05) is 20.2 Å². The fraction of sp³-hybridized carbons (Fsp3) is 0.238. The summed E-state index contributed by atoms with van der Waals surface area (Å²) in [5.41, 5.74) is 8.84. The number of halogens is 1. The lowest BCUT2D eigenvalue weighted by atomic mass is 10.1. The lowest BCUT2D eigenvalue weighted by Crippen LogP contribution is -2.28. The Balaban J connectivity index is 1.74. The molecule has 1 amide bonds. The summed E-state index contributed by atoms with van der Waals surface area (Å²) in [6.45, 7) is 1.31. The van der Waals surface area contributed by atoms with Gasteiger partial charge in [0.15, 0.2) is 5.96 Å². The van der Waals surface area contributed by atoms with Crippen molar-refractivity contribution in [2.75, 3.05) is 21.1 Å². The van der Waals surface area contributed by atoms with Crippen molar-refractivity contribution < 1.29 is 9.53 Å². The lowest BCUT2D eigenvalue weighted by molar-refractivity contribution is 0.0998. The number of carbonyl (C=O) groups excluding carboxylic acids is 1. The highest BCUT2D eigenvalue weighted by Crippen LogP contribution is 2.30. The number of nitrogens with zero attached hydrogens (tertiary/aromatic N) is 2. The Hall–Kier alpha value is -3.03. The highest BCUT2D eigenvalue weighted by molar-refractivity contribution is 6.35. The van der Waals surface area contributed by atoms with E-state index in [0.29, 0.717) is 34.0 Å². The number of nitrogens with two attached hydrogens (primary N) is 1. The van der Waals surface area contributed by atoms with Crippen LogP contribution in [0.2, 0.25) is 5.02 Å². The largest absolute Gasteiger partial charge is 0.489 e. The van der Waals surface area contributed by atoms with E-state index in [1.165, 1.54) is 5.56 Å². The van der Waals surface area contributed by atoms with Crippen molar-refractivity contribution >= 4 is 34.4 Å². The van der Waals surface area contributed by atoms with Gasteiger partial charge in [0.25, 0.3) is 5.91 Å². The molecular weight excluding hydrogens is 390 g/mol. The first-order valence-corrected chi connectivity index (χ1v) is 9.47. The quantitative estimate of drug-likeness (QED) is 0.426. The average molecular weight is 414 g/mol. The first-order valence-electron chi connectivity index (χ1n) is 9.09. The average Bonchev–Trinajstić information content (AvgIpc) is 3.12. The van der Waals surface area contributed by atoms with E-state index in [9.17, 15) is 4.79 Å². The summed E-state index contributed by atoms with van der Waals surface area (Å²) in [5.74, 6) is 0.170. The van der Waals surface area contributed by atoms with Gasteiger partial charge in [0.05, 0.1) is 10.5 Å². The fourth-order valence-corrected chi connectivity index (χ4v) is 3.13. The molecule has 29 heavy (non-hydrogen) atoms. The molecule has 0 aliphatic rings. The number of ether oxygens (including phenoxy) is 1. The number of rotatable bonds is 6. The van der Waals surface area contributed by atoms with Crippen LogP contribution < -0.4 is 15.8 Å². The Morgan fingerprint density at radius 2 is 1.90 bits per heavy atom. The number of hydrogen-bond donors (Lipinski definition) is 3. The van der Waals surface area contributed by atoms with Crippen LogP contribution in [0.4, 0.5) is 0 Å². The van der Waals surface area contributed by atoms with E-state index in [0.717, 1.165) is 12.1 Å². The zero-order valence-corrected chi connectivity index (χ0v) is 17.4. The summed E-state index contributed by atoms with van der Waals surface area (Å²) in [7, 11) is 5.67. The van der Waals surface area contributed by atoms with Crippen molar-refractivity contribution in [1.82, 2.24) is 15.2 Å².